The Morgan fingerprint density at radius 1 is 1.37 bits per heavy atom. The third kappa shape index (κ3) is 3.67. The van der Waals surface area contributed by atoms with E-state index in [2.05, 4.69) is 15.3 Å². The molecular weight excluding hydrogens is 246 g/mol. The number of H-pyrrole nitrogens is 1. The van der Waals surface area contributed by atoms with E-state index >= 15 is 0 Å². The number of rotatable bonds is 4. The van der Waals surface area contributed by atoms with Gasteiger partial charge in [0.25, 0.3) is 5.56 Å². The van der Waals surface area contributed by atoms with E-state index in [-0.39, 0.29) is 5.56 Å². The Kier molecular flexibility index (Phi) is 3.92. The van der Waals surface area contributed by atoms with E-state index in [1.165, 1.54) is 12.4 Å². The molecule has 0 spiro atoms. The molecule has 19 heavy (non-hydrogen) atoms. The van der Waals surface area contributed by atoms with E-state index in [0.717, 1.165) is 5.56 Å². The van der Waals surface area contributed by atoms with Crippen molar-refractivity contribution in [3.8, 4) is 0 Å². The number of amides is 1. The molecule has 1 unspecified atom stereocenters. The molecule has 2 rings (SSSR count). The van der Waals surface area contributed by atoms with Crippen molar-refractivity contribution >= 4 is 6.09 Å². The van der Waals surface area contributed by atoms with Crippen molar-refractivity contribution in [2.75, 3.05) is 0 Å². The summed E-state index contributed by atoms with van der Waals surface area (Å²) in [5, 5.41) is 11.2. The van der Waals surface area contributed by atoms with Gasteiger partial charge in [-0.3, -0.25) is 4.79 Å². The van der Waals surface area contributed by atoms with Crippen LogP contribution in [0.4, 0.5) is 4.79 Å². The van der Waals surface area contributed by atoms with Gasteiger partial charge in [-0.2, -0.15) is 0 Å². The summed E-state index contributed by atoms with van der Waals surface area (Å²) in [5.74, 6) is 0. The molecule has 0 bridgehead atoms. The van der Waals surface area contributed by atoms with Crippen LogP contribution in [0.5, 0.6) is 0 Å². The van der Waals surface area contributed by atoms with Gasteiger partial charge in [-0.25, -0.2) is 9.78 Å². The van der Waals surface area contributed by atoms with Gasteiger partial charge in [0.1, 0.15) is 0 Å². The molecule has 0 aliphatic rings. The van der Waals surface area contributed by atoms with Crippen molar-refractivity contribution in [1.29, 1.82) is 0 Å². The van der Waals surface area contributed by atoms with Crippen molar-refractivity contribution in [2.45, 2.75) is 12.5 Å². The third-order valence-electron chi connectivity index (χ3n) is 2.64. The molecule has 0 saturated heterocycles. The summed E-state index contributed by atoms with van der Waals surface area (Å²) in [6.45, 7) is 0. The van der Waals surface area contributed by atoms with E-state index in [1.54, 1.807) is 0 Å². The second-order valence-corrected chi connectivity index (χ2v) is 4.03. The number of aromatic nitrogens is 2. The van der Waals surface area contributed by atoms with Gasteiger partial charge in [0.05, 0.1) is 18.1 Å². The average molecular weight is 259 g/mol. The first-order chi connectivity index (χ1) is 9.15. The number of nitrogens with zero attached hydrogens (tertiary/aromatic N) is 1. The van der Waals surface area contributed by atoms with Crippen molar-refractivity contribution < 1.29 is 9.90 Å². The van der Waals surface area contributed by atoms with E-state index in [4.69, 9.17) is 5.11 Å². The Bertz CT molecular complexity index is 610. The van der Waals surface area contributed by atoms with Crippen LogP contribution in [0, 0.1) is 0 Å². The molecule has 0 aliphatic heterocycles. The average Bonchev–Trinajstić information content (AvgIpc) is 2.39. The highest BCUT2D eigenvalue weighted by Crippen LogP contribution is 2.15. The Hall–Kier alpha value is -2.63. The van der Waals surface area contributed by atoms with Crippen LogP contribution >= 0.6 is 0 Å². The van der Waals surface area contributed by atoms with Gasteiger partial charge < -0.3 is 15.4 Å². The highest BCUT2D eigenvalue weighted by Gasteiger charge is 2.16. The Labute approximate surface area is 109 Å². The summed E-state index contributed by atoms with van der Waals surface area (Å²) in [4.78, 5) is 28.5. The number of carbonyl (C=O) groups is 1. The van der Waals surface area contributed by atoms with E-state index in [9.17, 15) is 9.59 Å². The summed E-state index contributed by atoms with van der Waals surface area (Å²) < 4.78 is 0. The highest BCUT2D eigenvalue weighted by molar-refractivity contribution is 5.65. The lowest BCUT2D eigenvalue weighted by Gasteiger charge is -2.16. The minimum absolute atomic E-state index is 0.310. The number of carboxylic acid groups (broad SMARTS) is 1. The maximum Gasteiger partial charge on any atom is 0.405 e. The molecule has 0 fully saturated rings. The van der Waals surface area contributed by atoms with Gasteiger partial charge in [-0.15, -0.1) is 0 Å². The molecule has 3 N–H and O–H groups in total. The molecule has 0 aliphatic carbocycles. The largest absolute Gasteiger partial charge is 0.465 e. The van der Waals surface area contributed by atoms with E-state index < -0.39 is 12.1 Å². The second-order valence-electron chi connectivity index (χ2n) is 4.03. The standard InChI is InChI=1S/C13H13N3O3/c17-12-7-10(14-8-15-12)11(16-13(18)19)6-9-4-2-1-3-5-9/h1-5,7-8,11,16H,6H2,(H,18,19)(H,14,15,17). The fourth-order valence-corrected chi connectivity index (χ4v) is 1.80. The number of hydrogen-bond donors (Lipinski definition) is 3. The maximum atomic E-state index is 11.3. The van der Waals surface area contributed by atoms with Crippen LogP contribution in [0.3, 0.4) is 0 Å². The monoisotopic (exact) mass is 259 g/mol. The van der Waals surface area contributed by atoms with Crippen LogP contribution in [0.15, 0.2) is 47.5 Å². The van der Waals surface area contributed by atoms with Crippen LogP contribution in [0.1, 0.15) is 17.3 Å². The molecule has 98 valence electrons. The van der Waals surface area contributed by atoms with Crippen molar-refractivity contribution in [1.82, 2.24) is 15.3 Å². The minimum atomic E-state index is -1.15. The van der Waals surface area contributed by atoms with Gasteiger partial charge in [-0.1, -0.05) is 30.3 Å². The lowest BCUT2D eigenvalue weighted by molar-refractivity contribution is 0.189. The normalized spacial score (nSPS) is 11.8. The molecule has 1 aromatic heterocycles. The number of benzene rings is 1. The fraction of sp³-hybridized carbons (Fsp3) is 0.154. The molecule has 6 nitrogen and oxygen atoms in total. The second kappa shape index (κ2) is 5.81. The van der Waals surface area contributed by atoms with Crippen LogP contribution in [-0.4, -0.2) is 21.2 Å². The molecular formula is C13H13N3O3. The quantitative estimate of drug-likeness (QED) is 0.771. The highest BCUT2D eigenvalue weighted by atomic mass is 16.4. The topological polar surface area (TPSA) is 95.1 Å². The molecule has 1 amide bonds. The minimum Gasteiger partial charge on any atom is -0.465 e. The Morgan fingerprint density at radius 3 is 2.74 bits per heavy atom. The van der Waals surface area contributed by atoms with Crippen LogP contribution in [0.2, 0.25) is 0 Å². The lowest BCUT2D eigenvalue weighted by Crippen LogP contribution is -2.30. The van der Waals surface area contributed by atoms with Crippen molar-refractivity contribution in [2.24, 2.45) is 0 Å². The fourth-order valence-electron chi connectivity index (χ4n) is 1.80. The first-order valence-electron chi connectivity index (χ1n) is 5.73. The van der Waals surface area contributed by atoms with E-state index in [1.807, 2.05) is 30.3 Å². The number of aromatic amines is 1. The zero-order valence-electron chi connectivity index (χ0n) is 10.0. The van der Waals surface area contributed by atoms with Crippen molar-refractivity contribution in [3.05, 3.63) is 64.3 Å². The predicted octanol–water partition coefficient (Wildman–Crippen LogP) is 1.32. The van der Waals surface area contributed by atoms with Gasteiger partial charge in [0.2, 0.25) is 0 Å². The molecule has 1 aromatic carbocycles. The zero-order chi connectivity index (χ0) is 13.7. The Morgan fingerprint density at radius 2 is 2.11 bits per heavy atom. The molecule has 2 aromatic rings. The smallest absolute Gasteiger partial charge is 0.405 e. The van der Waals surface area contributed by atoms with Gasteiger partial charge in [0.15, 0.2) is 0 Å². The lowest BCUT2D eigenvalue weighted by atomic mass is 10.0. The summed E-state index contributed by atoms with van der Waals surface area (Å²) in [7, 11) is 0. The van der Waals surface area contributed by atoms with Gasteiger partial charge >= 0.3 is 6.09 Å². The molecule has 6 heteroatoms. The Balaban J connectivity index is 2.26. The molecule has 1 heterocycles. The maximum absolute atomic E-state index is 11.3. The molecule has 0 radical (unpaired) electrons. The van der Waals surface area contributed by atoms with Crippen LogP contribution in [-0.2, 0) is 6.42 Å². The van der Waals surface area contributed by atoms with Gasteiger partial charge in [0, 0.05) is 6.07 Å². The predicted molar refractivity (Wildman–Crippen MR) is 68.9 cm³/mol. The summed E-state index contributed by atoms with van der Waals surface area (Å²) in [6, 6.07) is 10.2. The molecule has 0 saturated carbocycles. The van der Waals surface area contributed by atoms with Crippen molar-refractivity contribution in [3.63, 3.8) is 0 Å². The summed E-state index contributed by atoms with van der Waals surface area (Å²) in [5.41, 5.74) is 1.05. The first kappa shape index (κ1) is 12.8. The zero-order valence-corrected chi connectivity index (χ0v) is 10.0. The number of nitrogens with one attached hydrogen (secondary N) is 2. The first-order valence-corrected chi connectivity index (χ1v) is 5.73. The molecule has 1 atom stereocenters. The van der Waals surface area contributed by atoms with E-state index in [0.29, 0.717) is 12.1 Å². The SMILES string of the molecule is O=C(O)NC(Cc1ccccc1)c1cc(=O)[nH]cn1. The van der Waals surface area contributed by atoms with Crippen LogP contribution < -0.4 is 10.9 Å². The van der Waals surface area contributed by atoms with Gasteiger partial charge in [-0.05, 0) is 12.0 Å². The third-order valence-corrected chi connectivity index (χ3v) is 2.64. The summed E-state index contributed by atoms with van der Waals surface area (Å²) >= 11 is 0. The number of hydrogen-bond acceptors (Lipinski definition) is 3. The van der Waals surface area contributed by atoms with Crippen LogP contribution in [0.25, 0.3) is 0 Å². The summed E-state index contributed by atoms with van der Waals surface area (Å²) in [6.07, 6.45) is 0.547.